The van der Waals surface area contributed by atoms with Gasteiger partial charge >= 0.3 is 0 Å². The molecule has 13 heavy (non-hydrogen) atoms. The van der Waals surface area contributed by atoms with Gasteiger partial charge in [-0.3, -0.25) is 4.90 Å². The molecule has 0 saturated heterocycles. The van der Waals surface area contributed by atoms with E-state index in [1.807, 2.05) is 6.92 Å². The Morgan fingerprint density at radius 1 is 1.54 bits per heavy atom. The molecule has 0 aromatic carbocycles. The molecule has 0 spiro atoms. The first-order chi connectivity index (χ1) is 6.25. The number of hydrogen-bond acceptors (Lipinski definition) is 2. The van der Waals surface area contributed by atoms with Crippen LogP contribution in [0.3, 0.4) is 0 Å². The summed E-state index contributed by atoms with van der Waals surface area (Å²) in [7, 11) is 0. The first-order valence-corrected chi connectivity index (χ1v) is 4.80. The van der Waals surface area contributed by atoms with E-state index < -0.39 is 0 Å². The number of fused-ring (bicyclic) bond motifs is 1. The van der Waals surface area contributed by atoms with Gasteiger partial charge in [-0.05, 0) is 19.1 Å². The monoisotopic (exact) mass is 180 g/mol. The molecular formula is C10H16N2O. The van der Waals surface area contributed by atoms with Gasteiger partial charge in [0, 0.05) is 38.1 Å². The van der Waals surface area contributed by atoms with Gasteiger partial charge in [-0.1, -0.05) is 0 Å². The highest BCUT2D eigenvalue weighted by Crippen LogP contribution is 2.12. The lowest BCUT2D eigenvalue weighted by atomic mass is 10.2. The molecule has 1 aromatic heterocycles. The molecule has 1 unspecified atom stereocenters. The van der Waals surface area contributed by atoms with Crippen LogP contribution in [0.15, 0.2) is 18.3 Å². The van der Waals surface area contributed by atoms with E-state index in [2.05, 4.69) is 27.8 Å². The highest BCUT2D eigenvalue weighted by atomic mass is 16.3. The van der Waals surface area contributed by atoms with Gasteiger partial charge < -0.3 is 9.67 Å². The molecule has 2 rings (SSSR count). The van der Waals surface area contributed by atoms with Crippen molar-refractivity contribution >= 4 is 0 Å². The smallest absolute Gasteiger partial charge is 0.0639 e. The zero-order valence-corrected chi connectivity index (χ0v) is 7.98. The number of hydrogen-bond donors (Lipinski definition) is 1. The number of rotatable bonds is 2. The van der Waals surface area contributed by atoms with Crippen LogP contribution < -0.4 is 0 Å². The molecule has 1 atom stereocenters. The molecule has 1 aliphatic rings. The first kappa shape index (κ1) is 8.78. The predicted molar refractivity (Wildman–Crippen MR) is 51.4 cm³/mol. The lowest BCUT2D eigenvalue weighted by Gasteiger charge is -2.29. The summed E-state index contributed by atoms with van der Waals surface area (Å²) < 4.78 is 2.28. The molecule has 1 aliphatic heterocycles. The lowest BCUT2D eigenvalue weighted by molar-refractivity contribution is 0.110. The molecule has 0 amide bonds. The summed E-state index contributed by atoms with van der Waals surface area (Å²) in [5.74, 6) is 0. The minimum atomic E-state index is -0.221. The van der Waals surface area contributed by atoms with E-state index in [0.29, 0.717) is 0 Å². The normalized spacial score (nSPS) is 19.8. The second-order valence-electron chi connectivity index (χ2n) is 3.78. The van der Waals surface area contributed by atoms with E-state index >= 15 is 0 Å². The average Bonchev–Trinajstić information content (AvgIpc) is 2.49. The van der Waals surface area contributed by atoms with E-state index in [0.717, 1.165) is 26.2 Å². The molecule has 0 fully saturated rings. The summed E-state index contributed by atoms with van der Waals surface area (Å²) in [6, 6.07) is 4.23. The fourth-order valence-electron chi connectivity index (χ4n) is 1.90. The van der Waals surface area contributed by atoms with Crippen molar-refractivity contribution in [1.82, 2.24) is 9.47 Å². The summed E-state index contributed by atoms with van der Waals surface area (Å²) in [4.78, 5) is 2.29. The molecule has 0 aliphatic carbocycles. The van der Waals surface area contributed by atoms with Crippen molar-refractivity contribution in [1.29, 1.82) is 0 Å². The number of aliphatic hydroxyl groups excluding tert-OH is 1. The largest absolute Gasteiger partial charge is 0.392 e. The van der Waals surface area contributed by atoms with Crippen molar-refractivity contribution in [3.63, 3.8) is 0 Å². The average molecular weight is 180 g/mol. The Hall–Kier alpha value is -0.800. The van der Waals surface area contributed by atoms with E-state index in [-0.39, 0.29) is 6.10 Å². The Morgan fingerprint density at radius 2 is 2.38 bits per heavy atom. The van der Waals surface area contributed by atoms with Gasteiger partial charge in [-0.25, -0.2) is 0 Å². The summed E-state index contributed by atoms with van der Waals surface area (Å²) in [5, 5.41) is 9.25. The SMILES string of the molecule is CC(O)CN1CCn2cccc2C1. The molecule has 3 heteroatoms. The van der Waals surface area contributed by atoms with Crippen molar-refractivity contribution in [2.75, 3.05) is 13.1 Å². The Labute approximate surface area is 78.6 Å². The summed E-state index contributed by atoms with van der Waals surface area (Å²) in [6.45, 7) is 5.69. The van der Waals surface area contributed by atoms with E-state index in [1.165, 1.54) is 5.69 Å². The van der Waals surface area contributed by atoms with Crippen LogP contribution in [0.25, 0.3) is 0 Å². The van der Waals surface area contributed by atoms with Gasteiger partial charge in [-0.15, -0.1) is 0 Å². The predicted octanol–water partition coefficient (Wildman–Crippen LogP) is 0.684. The molecule has 0 bridgehead atoms. The van der Waals surface area contributed by atoms with Crippen LogP contribution in [0, 0.1) is 0 Å². The molecule has 0 saturated carbocycles. The van der Waals surface area contributed by atoms with Crippen LogP contribution in [0.5, 0.6) is 0 Å². The summed E-state index contributed by atoms with van der Waals surface area (Å²) in [5.41, 5.74) is 1.35. The van der Waals surface area contributed by atoms with Crippen molar-refractivity contribution in [3.8, 4) is 0 Å². The van der Waals surface area contributed by atoms with Crippen LogP contribution in [-0.4, -0.2) is 33.8 Å². The van der Waals surface area contributed by atoms with Gasteiger partial charge in [0.1, 0.15) is 0 Å². The van der Waals surface area contributed by atoms with Crippen LogP contribution >= 0.6 is 0 Å². The lowest BCUT2D eigenvalue weighted by Crippen LogP contribution is -2.37. The second kappa shape index (κ2) is 3.52. The Morgan fingerprint density at radius 3 is 3.15 bits per heavy atom. The molecule has 1 aromatic rings. The Balaban J connectivity index is 2.00. The second-order valence-corrected chi connectivity index (χ2v) is 3.78. The first-order valence-electron chi connectivity index (χ1n) is 4.80. The summed E-state index contributed by atoms with van der Waals surface area (Å²) >= 11 is 0. The number of aromatic nitrogens is 1. The maximum Gasteiger partial charge on any atom is 0.0639 e. The number of aliphatic hydroxyl groups is 1. The minimum Gasteiger partial charge on any atom is -0.392 e. The maximum absolute atomic E-state index is 9.25. The van der Waals surface area contributed by atoms with Crippen LogP contribution in [0.2, 0.25) is 0 Å². The molecular weight excluding hydrogens is 164 g/mol. The third-order valence-corrected chi connectivity index (χ3v) is 2.49. The van der Waals surface area contributed by atoms with E-state index in [4.69, 9.17) is 0 Å². The zero-order chi connectivity index (χ0) is 9.26. The topological polar surface area (TPSA) is 28.4 Å². The molecule has 72 valence electrons. The molecule has 0 radical (unpaired) electrons. The van der Waals surface area contributed by atoms with Gasteiger partial charge in [0.05, 0.1) is 6.10 Å². The van der Waals surface area contributed by atoms with Crippen molar-refractivity contribution in [3.05, 3.63) is 24.0 Å². The quantitative estimate of drug-likeness (QED) is 0.725. The Bertz CT molecular complexity index is 280. The fourth-order valence-corrected chi connectivity index (χ4v) is 1.90. The van der Waals surface area contributed by atoms with Gasteiger partial charge in [-0.2, -0.15) is 0 Å². The fraction of sp³-hybridized carbons (Fsp3) is 0.600. The van der Waals surface area contributed by atoms with Crippen LogP contribution in [0.4, 0.5) is 0 Å². The van der Waals surface area contributed by atoms with E-state index in [1.54, 1.807) is 0 Å². The van der Waals surface area contributed by atoms with Crippen LogP contribution in [0.1, 0.15) is 12.6 Å². The Kier molecular flexibility index (Phi) is 2.38. The third kappa shape index (κ3) is 1.92. The van der Waals surface area contributed by atoms with Crippen LogP contribution in [-0.2, 0) is 13.1 Å². The van der Waals surface area contributed by atoms with Gasteiger partial charge in [0.2, 0.25) is 0 Å². The zero-order valence-electron chi connectivity index (χ0n) is 7.98. The molecule has 1 N–H and O–H groups in total. The molecule has 2 heterocycles. The third-order valence-electron chi connectivity index (χ3n) is 2.49. The van der Waals surface area contributed by atoms with Crippen molar-refractivity contribution in [2.45, 2.75) is 26.1 Å². The van der Waals surface area contributed by atoms with Crippen molar-refractivity contribution < 1.29 is 5.11 Å². The van der Waals surface area contributed by atoms with E-state index in [9.17, 15) is 5.11 Å². The minimum absolute atomic E-state index is 0.221. The summed E-state index contributed by atoms with van der Waals surface area (Å²) in [6.07, 6.45) is 1.90. The van der Waals surface area contributed by atoms with Crippen molar-refractivity contribution in [2.24, 2.45) is 0 Å². The number of nitrogens with zero attached hydrogens (tertiary/aromatic N) is 2. The number of β-amino-alcohol motifs (C(OH)–C–C–N with tert-alkyl or cyclic N) is 1. The van der Waals surface area contributed by atoms with Gasteiger partial charge in [0.25, 0.3) is 0 Å². The highest BCUT2D eigenvalue weighted by Gasteiger charge is 2.15. The molecule has 3 nitrogen and oxygen atoms in total. The standard InChI is InChI=1S/C10H16N2O/c1-9(13)7-11-5-6-12-4-2-3-10(12)8-11/h2-4,9,13H,5-8H2,1H3. The van der Waals surface area contributed by atoms with Gasteiger partial charge in [0.15, 0.2) is 0 Å². The maximum atomic E-state index is 9.25. The highest BCUT2D eigenvalue weighted by molar-refractivity contribution is 5.08.